The van der Waals surface area contributed by atoms with Gasteiger partial charge in [-0.15, -0.1) is 0 Å². The summed E-state index contributed by atoms with van der Waals surface area (Å²) in [5.41, 5.74) is -0.136. The van der Waals surface area contributed by atoms with E-state index in [-0.39, 0.29) is 23.1 Å². The zero-order valence-electron chi connectivity index (χ0n) is 7.07. The van der Waals surface area contributed by atoms with Gasteiger partial charge in [-0.2, -0.15) is 0 Å². The molecule has 0 N–H and O–H groups in total. The maximum atomic E-state index is 11.8. The zero-order chi connectivity index (χ0) is 10.6. The van der Waals surface area contributed by atoms with Crippen LogP contribution in [0.3, 0.4) is 0 Å². The van der Waals surface area contributed by atoms with E-state index in [9.17, 15) is 14.5 Å². The molecule has 0 radical (unpaired) electrons. The molecular formula is C8H7ClFNO3. The van der Waals surface area contributed by atoms with Gasteiger partial charge < -0.3 is 4.74 Å². The highest BCUT2D eigenvalue weighted by Crippen LogP contribution is 2.28. The third kappa shape index (κ3) is 2.56. The molecular weight excluding hydrogens is 213 g/mol. The van der Waals surface area contributed by atoms with E-state index in [0.29, 0.717) is 0 Å². The molecule has 0 spiro atoms. The van der Waals surface area contributed by atoms with Gasteiger partial charge in [0.15, 0.2) is 0 Å². The van der Waals surface area contributed by atoms with Gasteiger partial charge >= 0.3 is 0 Å². The number of nitro benzene ring substituents is 1. The van der Waals surface area contributed by atoms with Crippen molar-refractivity contribution in [3.05, 3.63) is 33.3 Å². The average molecular weight is 220 g/mol. The molecule has 76 valence electrons. The van der Waals surface area contributed by atoms with E-state index >= 15 is 0 Å². The van der Waals surface area contributed by atoms with Gasteiger partial charge in [-0.1, -0.05) is 11.6 Å². The minimum Gasteiger partial charge on any atom is -0.489 e. The van der Waals surface area contributed by atoms with Gasteiger partial charge in [0.2, 0.25) is 0 Å². The standard InChI is InChI=1S/C8H7ClFNO3/c9-7-2-1-6(11(12)13)5-8(7)14-4-3-10/h1-2,5H,3-4H2. The van der Waals surface area contributed by atoms with Crippen LogP contribution in [0.1, 0.15) is 0 Å². The van der Waals surface area contributed by atoms with Crippen molar-refractivity contribution >= 4 is 17.3 Å². The predicted octanol–water partition coefficient (Wildman–Crippen LogP) is 2.60. The van der Waals surface area contributed by atoms with E-state index in [0.717, 1.165) is 6.07 Å². The molecule has 0 bridgehead atoms. The number of hydrogen-bond donors (Lipinski definition) is 0. The van der Waals surface area contributed by atoms with Crippen molar-refractivity contribution in [2.24, 2.45) is 0 Å². The Labute approximate surface area is 84.4 Å². The Morgan fingerprint density at radius 3 is 2.86 bits per heavy atom. The first-order chi connectivity index (χ1) is 6.65. The minimum absolute atomic E-state index is 0.124. The summed E-state index contributed by atoms with van der Waals surface area (Å²) in [5, 5.41) is 10.6. The Balaban J connectivity index is 2.90. The topological polar surface area (TPSA) is 52.4 Å². The molecule has 0 amide bonds. The first-order valence-corrected chi connectivity index (χ1v) is 4.15. The maximum absolute atomic E-state index is 11.8. The highest BCUT2D eigenvalue weighted by molar-refractivity contribution is 6.32. The second kappa shape index (κ2) is 4.76. The lowest BCUT2D eigenvalue weighted by Gasteiger charge is -2.04. The summed E-state index contributed by atoms with van der Waals surface area (Å²) in [6.45, 7) is -0.833. The van der Waals surface area contributed by atoms with Crippen molar-refractivity contribution in [1.29, 1.82) is 0 Å². The summed E-state index contributed by atoms with van der Waals surface area (Å²) in [4.78, 5) is 9.80. The van der Waals surface area contributed by atoms with Crippen LogP contribution in [0, 0.1) is 10.1 Å². The molecule has 1 rings (SSSR count). The van der Waals surface area contributed by atoms with E-state index in [4.69, 9.17) is 16.3 Å². The molecule has 1 aromatic rings. The van der Waals surface area contributed by atoms with E-state index in [1.807, 2.05) is 0 Å². The van der Waals surface area contributed by atoms with Gasteiger partial charge in [-0.25, -0.2) is 4.39 Å². The van der Waals surface area contributed by atoms with Crippen molar-refractivity contribution in [2.75, 3.05) is 13.3 Å². The molecule has 0 aliphatic rings. The molecule has 0 heterocycles. The number of non-ortho nitro benzene ring substituents is 1. The first-order valence-electron chi connectivity index (χ1n) is 3.78. The van der Waals surface area contributed by atoms with Crippen molar-refractivity contribution in [1.82, 2.24) is 0 Å². The molecule has 0 aliphatic heterocycles. The number of benzene rings is 1. The molecule has 4 nitrogen and oxygen atoms in total. The van der Waals surface area contributed by atoms with E-state index in [2.05, 4.69) is 0 Å². The minimum atomic E-state index is -0.668. The Bertz CT molecular complexity index is 345. The summed E-state index contributed by atoms with van der Waals surface area (Å²) < 4.78 is 16.6. The number of hydrogen-bond acceptors (Lipinski definition) is 3. The van der Waals surface area contributed by atoms with E-state index in [1.165, 1.54) is 12.1 Å². The lowest BCUT2D eigenvalue weighted by Crippen LogP contribution is -1.99. The van der Waals surface area contributed by atoms with Gasteiger partial charge in [0.25, 0.3) is 5.69 Å². The first kappa shape index (κ1) is 10.7. The van der Waals surface area contributed by atoms with Crippen LogP contribution >= 0.6 is 11.6 Å². The van der Waals surface area contributed by atoms with Crippen LogP contribution in [0.2, 0.25) is 5.02 Å². The van der Waals surface area contributed by atoms with Crippen molar-refractivity contribution in [3.8, 4) is 5.75 Å². The molecule has 0 fully saturated rings. The number of halogens is 2. The number of nitro groups is 1. The summed E-state index contributed by atoms with van der Waals surface area (Å²) in [6, 6.07) is 3.76. The number of ether oxygens (including phenoxy) is 1. The number of rotatable bonds is 4. The van der Waals surface area contributed by atoms with Crippen LogP contribution < -0.4 is 4.74 Å². The van der Waals surface area contributed by atoms with Crippen LogP contribution in [0.5, 0.6) is 5.75 Å². The Hall–Kier alpha value is -1.36. The number of nitrogens with zero attached hydrogens (tertiary/aromatic N) is 1. The normalized spacial score (nSPS) is 9.86. The monoisotopic (exact) mass is 219 g/mol. The summed E-state index contributed by atoms with van der Waals surface area (Å²) in [7, 11) is 0. The third-order valence-electron chi connectivity index (χ3n) is 1.46. The molecule has 1 aromatic carbocycles. The van der Waals surface area contributed by atoms with Gasteiger partial charge in [0.1, 0.15) is 19.0 Å². The van der Waals surface area contributed by atoms with Gasteiger partial charge in [-0.05, 0) is 6.07 Å². The molecule has 0 aliphatic carbocycles. The fourth-order valence-electron chi connectivity index (χ4n) is 0.865. The van der Waals surface area contributed by atoms with Gasteiger partial charge in [0, 0.05) is 6.07 Å². The Morgan fingerprint density at radius 2 is 2.29 bits per heavy atom. The SMILES string of the molecule is O=[N+]([O-])c1ccc(Cl)c(OCCF)c1. The zero-order valence-corrected chi connectivity index (χ0v) is 7.83. The van der Waals surface area contributed by atoms with Crippen LogP contribution in [-0.4, -0.2) is 18.2 Å². The van der Waals surface area contributed by atoms with Crippen molar-refractivity contribution < 1.29 is 14.1 Å². The molecule has 0 saturated heterocycles. The fourth-order valence-corrected chi connectivity index (χ4v) is 1.04. The summed E-state index contributed by atoms with van der Waals surface area (Å²) in [6.07, 6.45) is 0. The average Bonchev–Trinajstić information content (AvgIpc) is 2.16. The second-order valence-electron chi connectivity index (χ2n) is 2.41. The summed E-state index contributed by atoms with van der Waals surface area (Å²) in [5.74, 6) is 0.124. The highest BCUT2D eigenvalue weighted by atomic mass is 35.5. The Morgan fingerprint density at radius 1 is 1.57 bits per heavy atom. The van der Waals surface area contributed by atoms with Crippen LogP contribution in [-0.2, 0) is 0 Å². The molecule has 6 heteroatoms. The molecule has 0 saturated carbocycles. The second-order valence-corrected chi connectivity index (χ2v) is 2.82. The van der Waals surface area contributed by atoms with Crippen LogP contribution in [0.4, 0.5) is 10.1 Å². The number of alkyl halides is 1. The predicted molar refractivity (Wildman–Crippen MR) is 49.6 cm³/mol. The Kier molecular flexibility index (Phi) is 3.64. The lowest BCUT2D eigenvalue weighted by atomic mass is 10.3. The van der Waals surface area contributed by atoms with E-state index < -0.39 is 11.6 Å². The van der Waals surface area contributed by atoms with Crippen LogP contribution in [0.25, 0.3) is 0 Å². The third-order valence-corrected chi connectivity index (χ3v) is 1.77. The smallest absolute Gasteiger partial charge is 0.273 e. The molecule has 0 atom stereocenters. The summed E-state index contributed by atoms with van der Waals surface area (Å²) >= 11 is 5.67. The maximum Gasteiger partial charge on any atom is 0.273 e. The molecule has 0 unspecified atom stereocenters. The highest BCUT2D eigenvalue weighted by Gasteiger charge is 2.10. The quantitative estimate of drug-likeness (QED) is 0.578. The largest absolute Gasteiger partial charge is 0.489 e. The van der Waals surface area contributed by atoms with Gasteiger partial charge in [0.05, 0.1) is 16.0 Å². The lowest BCUT2D eigenvalue weighted by molar-refractivity contribution is -0.384. The van der Waals surface area contributed by atoms with Crippen LogP contribution in [0.15, 0.2) is 18.2 Å². The molecule has 14 heavy (non-hydrogen) atoms. The fraction of sp³-hybridized carbons (Fsp3) is 0.250. The van der Waals surface area contributed by atoms with Crippen molar-refractivity contribution in [3.63, 3.8) is 0 Å². The molecule has 0 aromatic heterocycles. The van der Waals surface area contributed by atoms with Crippen molar-refractivity contribution in [2.45, 2.75) is 0 Å². The van der Waals surface area contributed by atoms with Gasteiger partial charge in [-0.3, -0.25) is 10.1 Å². The van der Waals surface area contributed by atoms with E-state index in [1.54, 1.807) is 0 Å².